The molecular formula is C21H20FNO4. The van der Waals surface area contributed by atoms with Crippen molar-refractivity contribution in [1.82, 2.24) is 5.16 Å². The lowest BCUT2D eigenvalue weighted by molar-refractivity contribution is 0.0464. The molecule has 0 saturated carbocycles. The molecule has 0 N–H and O–H groups in total. The Balaban J connectivity index is 1.54. The number of nitrogens with zero attached hydrogens (tertiary/aromatic N) is 1. The maximum atomic E-state index is 13.0. The van der Waals surface area contributed by atoms with E-state index < -0.39 is 5.97 Å². The SMILES string of the molecule is CCCCOc1ccc(C(=O)OCc2cc(-c3ccc(F)cc3)on2)cc1. The molecule has 0 spiro atoms. The monoisotopic (exact) mass is 369 g/mol. The second-order valence-electron chi connectivity index (χ2n) is 5.99. The summed E-state index contributed by atoms with van der Waals surface area (Å²) in [6.45, 7) is 2.74. The van der Waals surface area contributed by atoms with Gasteiger partial charge in [-0.2, -0.15) is 0 Å². The van der Waals surface area contributed by atoms with E-state index in [1.54, 1.807) is 42.5 Å². The lowest BCUT2D eigenvalue weighted by atomic mass is 10.1. The van der Waals surface area contributed by atoms with E-state index in [1.807, 2.05) is 0 Å². The second-order valence-corrected chi connectivity index (χ2v) is 5.99. The molecular weight excluding hydrogens is 349 g/mol. The van der Waals surface area contributed by atoms with Crippen molar-refractivity contribution in [2.75, 3.05) is 6.61 Å². The molecule has 2 aromatic carbocycles. The molecule has 0 radical (unpaired) electrons. The predicted molar refractivity (Wildman–Crippen MR) is 97.9 cm³/mol. The third-order valence-corrected chi connectivity index (χ3v) is 3.90. The summed E-state index contributed by atoms with van der Waals surface area (Å²) in [5.41, 5.74) is 1.60. The van der Waals surface area contributed by atoms with E-state index in [9.17, 15) is 9.18 Å². The zero-order valence-corrected chi connectivity index (χ0v) is 15.0. The first kappa shape index (κ1) is 18.6. The summed E-state index contributed by atoms with van der Waals surface area (Å²) in [4.78, 5) is 12.1. The number of unbranched alkanes of at least 4 members (excludes halogenated alkanes) is 1. The minimum atomic E-state index is -0.457. The van der Waals surface area contributed by atoms with Crippen LogP contribution in [-0.4, -0.2) is 17.7 Å². The van der Waals surface area contributed by atoms with Gasteiger partial charge in [0, 0.05) is 11.6 Å². The summed E-state index contributed by atoms with van der Waals surface area (Å²) in [5, 5.41) is 3.87. The lowest BCUT2D eigenvalue weighted by Gasteiger charge is -2.06. The fourth-order valence-corrected chi connectivity index (χ4v) is 2.37. The van der Waals surface area contributed by atoms with E-state index in [-0.39, 0.29) is 12.4 Å². The predicted octanol–water partition coefficient (Wildman–Crippen LogP) is 5.02. The van der Waals surface area contributed by atoms with Crippen LogP contribution in [0.5, 0.6) is 5.75 Å². The van der Waals surface area contributed by atoms with E-state index in [0.717, 1.165) is 18.6 Å². The molecule has 0 aliphatic carbocycles. The van der Waals surface area contributed by atoms with Crippen molar-refractivity contribution in [2.45, 2.75) is 26.4 Å². The van der Waals surface area contributed by atoms with Crippen molar-refractivity contribution in [3.63, 3.8) is 0 Å². The normalized spacial score (nSPS) is 10.6. The Morgan fingerprint density at radius 3 is 2.56 bits per heavy atom. The molecule has 0 aliphatic rings. The van der Waals surface area contributed by atoms with Crippen LogP contribution in [0.1, 0.15) is 35.8 Å². The van der Waals surface area contributed by atoms with Crippen LogP contribution in [0.15, 0.2) is 59.1 Å². The van der Waals surface area contributed by atoms with Crippen molar-refractivity contribution in [3.05, 3.63) is 71.7 Å². The molecule has 0 unspecified atom stereocenters. The fraction of sp³-hybridized carbons (Fsp3) is 0.238. The molecule has 1 aromatic heterocycles. The summed E-state index contributed by atoms with van der Waals surface area (Å²) >= 11 is 0. The smallest absolute Gasteiger partial charge is 0.338 e. The number of aromatic nitrogens is 1. The molecule has 0 aliphatic heterocycles. The zero-order valence-electron chi connectivity index (χ0n) is 15.0. The maximum absolute atomic E-state index is 13.0. The molecule has 0 amide bonds. The Kier molecular flexibility index (Phi) is 6.20. The number of carbonyl (C=O) groups is 1. The van der Waals surface area contributed by atoms with Crippen LogP contribution in [0.25, 0.3) is 11.3 Å². The van der Waals surface area contributed by atoms with Crippen molar-refractivity contribution in [2.24, 2.45) is 0 Å². The van der Waals surface area contributed by atoms with E-state index in [0.29, 0.717) is 29.2 Å². The van der Waals surface area contributed by atoms with Crippen molar-refractivity contribution in [1.29, 1.82) is 0 Å². The van der Waals surface area contributed by atoms with Crippen LogP contribution in [0.2, 0.25) is 0 Å². The van der Waals surface area contributed by atoms with Crippen molar-refractivity contribution in [3.8, 4) is 17.1 Å². The Morgan fingerprint density at radius 1 is 1.11 bits per heavy atom. The second kappa shape index (κ2) is 8.98. The lowest BCUT2D eigenvalue weighted by Crippen LogP contribution is -2.05. The number of hydrogen-bond donors (Lipinski definition) is 0. The standard InChI is InChI=1S/C21H20FNO4/c1-2-3-12-25-19-10-6-16(7-11-19)21(24)26-14-18-13-20(27-23-18)15-4-8-17(22)9-5-15/h4-11,13H,2-3,12,14H2,1H3. The van der Waals surface area contributed by atoms with E-state index in [2.05, 4.69) is 12.1 Å². The van der Waals surface area contributed by atoms with Crippen LogP contribution in [-0.2, 0) is 11.3 Å². The number of carbonyl (C=O) groups excluding carboxylic acids is 1. The van der Waals surface area contributed by atoms with Crippen molar-refractivity contribution < 1.29 is 23.2 Å². The molecule has 27 heavy (non-hydrogen) atoms. The van der Waals surface area contributed by atoms with Gasteiger partial charge in [-0.1, -0.05) is 18.5 Å². The van der Waals surface area contributed by atoms with Crippen LogP contribution in [0.3, 0.4) is 0 Å². The van der Waals surface area contributed by atoms with Gasteiger partial charge in [-0.25, -0.2) is 9.18 Å². The Morgan fingerprint density at radius 2 is 1.85 bits per heavy atom. The van der Waals surface area contributed by atoms with Gasteiger partial charge in [0.1, 0.15) is 23.9 Å². The summed E-state index contributed by atoms with van der Waals surface area (Å²) in [5.74, 6) is 0.422. The molecule has 0 saturated heterocycles. The minimum absolute atomic E-state index is 0.0156. The topological polar surface area (TPSA) is 61.6 Å². The number of rotatable bonds is 8. The average Bonchev–Trinajstić information content (AvgIpc) is 3.16. The maximum Gasteiger partial charge on any atom is 0.338 e. The minimum Gasteiger partial charge on any atom is -0.494 e. The first-order chi connectivity index (χ1) is 13.2. The van der Waals surface area contributed by atoms with Gasteiger partial charge in [0.2, 0.25) is 0 Å². The van der Waals surface area contributed by atoms with Gasteiger partial charge in [0.15, 0.2) is 5.76 Å². The molecule has 0 fully saturated rings. The Labute approximate surface area is 156 Å². The van der Waals surface area contributed by atoms with Crippen LogP contribution in [0.4, 0.5) is 4.39 Å². The van der Waals surface area contributed by atoms with Crippen LogP contribution >= 0.6 is 0 Å². The molecule has 5 nitrogen and oxygen atoms in total. The van der Waals surface area contributed by atoms with Gasteiger partial charge in [-0.05, 0) is 55.0 Å². The number of benzene rings is 2. The fourth-order valence-electron chi connectivity index (χ4n) is 2.37. The molecule has 0 bridgehead atoms. The zero-order chi connectivity index (χ0) is 19.1. The molecule has 3 rings (SSSR count). The quantitative estimate of drug-likeness (QED) is 0.412. The van der Waals surface area contributed by atoms with Crippen LogP contribution in [0, 0.1) is 5.82 Å². The highest BCUT2D eigenvalue weighted by Gasteiger charge is 2.11. The first-order valence-corrected chi connectivity index (χ1v) is 8.77. The molecule has 3 aromatic rings. The van der Waals surface area contributed by atoms with E-state index in [1.165, 1.54) is 12.1 Å². The molecule has 1 heterocycles. The van der Waals surface area contributed by atoms with Gasteiger partial charge < -0.3 is 14.0 Å². The highest BCUT2D eigenvalue weighted by atomic mass is 19.1. The summed E-state index contributed by atoms with van der Waals surface area (Å²) < 4.78 is 29.0. The first-order valence-electron chi connectivity index (χ1n) is 8.77. The largest absolute Gasteiger partial charge is 0.494 e. The summed E-state index contributed by atoms with van der Waals surface area (Å²) in [7, 11) is 0. The molecule has 0 atom stereocenters. The van der Waals surface area contributed by atoms with Gasteiger partial charge in [-0.15, -0.1) is 0 Å². The average molecular weight is 369 g/mol. The number of esters is 1. The van der Waals surface area contributed by atoms with Gasteiger partial charge in [-0.3, -0.25) is 0 Å². The van der Waals surface area contributed by atoms with Gasteiger partial charge >= 0.3 is 5.97 Å². The van der Waals surface area contributed by atoms with Crippen molar-refractivity contribution >= 4 is 5.97 Å². The summed E-state index contributed by atoms with van der Waals surface area (Å²) in [6.07, 6.45) is 2.05. The molecule has 140 valence electrons. The molecule has 6 heteroatoms. The number of halogens is 1. The Hall–Kier alpha value is -3.15. The third kappa shape index (κ3) is 5.17. The van der Waals surface area contributed by atoms with E-state index >= 15 is 0 Å². The highest BCUT2D eigenvalue weighted by molar-refractivity contribution is 5.89. The summed E-state index contributed by atoms with van der Waals surface area (Å²) in [6, 6.07) is 14.3. The highest BCUT2D eigenvalue weighted by Crippen LogP contribution is 2.21. The number of hydrogen-bond acceptors (Lipinski definition) is 5. The van der Waals surface area contributed by atoms with Gasteiger partial charge in [0.25, 0.3) is 0 Å². The number of ether oxygens (including phenoxy) is 2. The van der Waals surface area contributed by atoms with E-state index in [4.69, 9.17) is 14.0 Å². The third-order valence-electron chi connectivity index (χ3n) is 3.90. The van der Waals surface area contributed by atoms with Crippen LogP contribution < -0.4 is 4.74 Å². The van der Waals surface area contributed by atoms with Gasteiger partial charge in [0.05, 0.1) is 12.2 Å². The Bertz CT molecular complexity index is 872.